The third-order valence-corrected chi connectivity index (χ3v) is 5.35. The molecule has 29 heavy (non-hydrogen) atoms. The van der Waals surface area contributed by atoms with Crippen LogP contribution in [0.2, 0.25) is 0 Å². The molecule has 2 heterocycles. The van der Waals surface area contributed by atoms with E-state index in [1.807, 2.05) is 18.2 Å². The number of fused-ring (bicyclic) bond motifs is 1. The molecule has 1 aliphatic heterocycles. The van der Waals surface area contributed by atoms with Gasteiger partial charge in [-0.05, 0) is 50.1 Å². The first kappa shape index (κ1) is 19.1. The predicted octanol–water partition coefficient (Wildman–Crippen LogP) is 3.72. The van der Waals surface area contributed by atoms with Gasteiger partial charge >= 0.3 is 0 Å². The number of aromatic nitrogens is 1. The van der Waals surface area contributed by atoms with Crippen LogP contribution < -0.4 is 5.32 Å². The Morgan fingerprint density at radius 1 is 1.07 bits per heavy atom. The molecule has 5 nitrogen and oxygen atoms in total. The lowest BCUT2D eigenvalue weighted by Crippen LogP contribution is -2.46. The van der Waals surface area contributed by atoms with Gasteiger partial charge in [0.2, 0.25) is 0 Å². The molecule has 0 unspecified atom stereocenters. The highest BCUT2D eigenvalue weighted by atomic mass is 19.1. The Labute approximate surface area is 168 Å². The highest BCUT2D eigenvalue weighted by Gasteiger charge is 2.26. The Balaban J connectivity index is 1.41. The molecule has 1 saturated heterocycles. The Hall–Kier alpha value is -3.28. The number of piperidine rings is 1. The number of hydrogen-bond acceptors (Lipinski definition) is 3. The maximum absolute atomic E-state index is 13.4. The van der Waals surface area contributed by atoms with E-state index in [0.29, 0.717) is 48.3 Å². The van der Waals surface area contributed by atoms with Crippen LogP contribution in [0.5, 0.6) is 0 Å². The van der Waals surface area contributed by atoms with Crippen molar-refractivity contribution in [2.24, 2.45) is 0 Å². The Morgan fingerprint density at radius 2 is 1.79 bits per heavy atom. The number of carbonyl (C=O) groups is 2. The van der Waals surface area contributed by atoms with Crippen molar-refractivity contribution in [3.63, 3.8) is 0 Å². The summed E-state index contributed by atoms with van der Waals surface area (Å²) in [5.41, 5.74) is 2.31. The van der Waals surface area contributed by atoms with Crippen molar-refractivity contribution < 1.29 is 14.0 Å². The van der Waals surface area contributed by atoms with E-state index in [1.54, 1.807) is 36.1 Å². The first-order chi connectivity index (χ1) is 14.0. The molecule has 1 N–H and O–H groups in total. The Morgan fingerprint density at radius 3 is 2.52 bits per heavy atom. The molecular weight excluding hydrogens is 369 g/mol. The number of amides is 2. The molecule has 0 bridgehead atoms. The molecule has 0 aliphatic carbocycles. The van der Waals surface area contributed by atoms with Crippen LogP contribution in [0.4, 0.5) is 4.39 Å². The van der Waals surface area contributed by atoms with Gasteiger partial charge in [0.15, 0.2) is 0 Å². The smallest absolute Gasteiger partial charge is 0.255 e. The second kappa shape index (κ2) is 7.99. The fourth-order valence-corrected chi connectivity index (χ4v) is 3.71. The van der Waals surface area contributed by atoms with Crippen molar-refractivity contribution in [2.45, 2.75) is 25.8 Å². The van der Waals surface area contributed by atoms with Crippen molar-refractivity contribution in [3.8, 4) is 0 Å². The zero-order valence-electron chi connectivity index (χ0n) is 16.2. The van der Waals surface area contributed by atoms with E-state index in [-0.39, 0.29) is 23.7 Å². The maximum atomic E-state index is 13.4. The lowest BCUT2D eigenvalue weighted by molar-refractivity contribution is 0.0697. The summed E-state index contributed by atoms with van der Waals surface area (Å²) in [6.45, 7) is 2.91. The predicted molar refractivity (Wildman–Crippen MR) is 109 cm³/mol. The van der Waals surface area contributed by atoms with Crippen molar-refractivity contribution in [1.82, 2.24) is 15.2 Å². The minimum atomic E-state index is -0.344. The molecule has 0 radical (unpaired) electrons. The van der Waals surface area contributed by atoms with Crippen LogP contribution in [0.1, 0.15) is 39.3 Å². The molecule has 0 saturated carbocycles. The van der Waals surface area contributed by atoms with Gasteiger partial charge in [-0.3, -0.25) is 14.6 Å². The quantitative estimate of drug-likeness (QED) is 0.740. The third-order valence-electron chi connectivity index (χ3n) is 5.35. The highest BCUT2D eigenvalue weighted by Crippen LogP contribution is 2.21. The zero-order chi connectivity index (χ0) is 20.4. The summed E-state index contributed by atoms with van der Waals surface area (Å²) in [6, 6.07) is 15.3. The van der Waals surface area contributed by atoms with E-state index in [4.69, 9.17) is 0 Å². The fraction of sp³-hybridized carbons (Fsp3) is 0.261. The van der Waals surface area contributed by atoms with Crippen molar-refractivity contribution in [2.75, 3.05) is 13.1 Å². The van der Waals surface area contributed by atoms with Gasteiger partial charge in [0.25, 0.3) is 11.8 Å². The average Bonchev–Trinajstić information content (AvgIpc) is 2.74. The second-order valence-electron chi connectivity index (χ2n) is 7.36. The number of halogens is 1. The summed E-state index contributed by atoms with van der Waals surface area (Å²) in [5, 5.41) is 3.79. The second-order valence-corrected chi connectivity index (χ2v) is 7.36. The number of pyridine rings is 1. The minimum absolute atomic E-state index is 0.0468. The van der Waals surface area contributed by atoms with Crippen LogP contribution in [0.15, 0.2) is 54.6 Å². The summed E-state index contributed by atoms with van der Waals surface area (Å²) >= 11 is 0. The molecule has 6 heteroatoms. The van der Waals surface area contributed by atoms with Gasteiger partial charge in [-0.2, -0.15) is 0 Å². The summed E-state index contributed by atoms with van der Waals surface area (Å²) in [6.07, 6.45) is 1.41. The Kier molecular flexibility index (Phi) is 5.25. The first-order valence-corrected chi connectivity index (χ1v) is 9.73. The largest absolute Gasteiger partial charge is 0.349 e. The molecule has 1 aliphatic rings. The van der Waals surface area contributed by atoms with Crippen LogP contribution in [-0.2, 0) is 0 Å². The number of benzene rings is 2. The van der Waals surface area contributed by atoms with Crippen LogP contribution in [0.25, 0.3) is 10.9 Å². The Bertz CT molecular complexity index is 1060. The van der Waals surface area contributed by atoms with E-state index in [9.17, 15) is 14.0 Å². The first-order valence-electron chi connectivity index (χ1n) is 9.73. The number of hydrogen-bond donors (Lipinski definition) is 1. The lowest BCUT2D eigenvalue weighted by Gasteiger charge is -2.32. The van der Waals surface area contributed by atoms with E-state index in [0.717, 1.165) is 5.39 Å². The lowest BCUT2D eigenvalue weighted by atomic mass is 10.0. The molecule has 0 spiro atoms. The summed E-state index contributed by atoms with van der Waals surface area (Å²) < 4.78 is 13.4. The van der Waals surface area contributed by atoms with Crippen molar-refractivity contribution in [1.29, 1.82) is 0 Å². The SMILES string of the molecule is Cc1nc2cc(F)ccc2cc1C(=O)N1CCC(NC(=O)c2ccccc2)CC1. The summed E-state index contributed by atoms with van der Waals surface area (Å²) in [4.78, 5) is 31.5. The molecule has 3 aromatic rings. The third kappa shape index (κ3) is 4.11. The van der Waals surface area contributed by atoms with E-state index < -0.39 is 0 Å². The summed E-state index contributed by atoms with van der Waals surface area (Å²) in [5.74, 6) is -0.505. The standard InChI is InChI=1S/C23H22FN3O2/c1-15-20(13-17-7-8-18(24)14-21(17)25-15)23(29)27-11-9-19(10-12-27)26-22(28)16-5-3-2-4-6-16/h2-8,13-14,19H,9-12H2,1H3,(H,26,28). The molecule has 1 fully saturated rings. The van der Waals surface area contributed by atoms with Crippen LogP contribution in [0, 0.1) is 12.7 Å². The van der Waals surface area contributed by atoms with Crippen molar-refractivity contribution >= 4 is 22.7 Å². The topological polar surface area (TPSA) is 62.3 Å². The molecule has 2 amide bonds. The van der Waals surface area contributed by atoms with E-state index in [2.05, 4.69) is 10.3 Å². The van der Waals surface area contributed by atoms with Gasteiger partial charge in [0.05, 0.1) is 16.8 Å². The van der Waals surface area contributed by atoms with Gasteiger partial charge < -0.3 is 10.2 Å². The van der Waals surface area contributed by atoms with Gasteiger partial charge in [0, 0.05) is 36.1 Å². The van der Waals surface area contributed by atoms with Crippen LogP contribution in [0.3, 0.4) is 0 Å². The molecule has 0 atom stereocenters. The van der Waals surface area contributed by atoms with Crippen LogP contribution >= 0.6 is 0 Å². The van der Waals surface area contributed by atoms with Crippen molar-refractivity contribution in [3.05, 3.63) is 77.2 Å². The van der Waals surface area contributed by atoms with Gasteiger partial charge in [0.1, 0.15) is 5.82 Å². The number of rotatable bonds is 3. The summed E-state index contributed by atoms with van der Waals surface area (Å²) in [7, 11) is 0. The monoisotopic (exact) mass is 391 g/mol. The van der Waals surface area contributed by atoms with E-state index in [1.165, 1.54) is 12.1 Å². The molecule has 2 aromatic carbocycles. The minimum Gasteiger partial charge on any atom is -0.349 e. The molecule has 148 valence electrons. The van der Waals surface area contributed by atoms with E-state index >= 15 is 0 Å². The molecule has 4 rings (SSSR count). The fourth-order valence-electron chi connectivity index (χ4n) is 3.71. The number of aryl methyl sites for hydroxylation is 1. The zero-order valence-corrected chi connectivity index (χ0v) is 16.2. The average molecular weight is 391 g/mol. The molecule has 1 aromatic heterocycles. The maximum Gasteiger partial charge on any atom is 0.255 e. The van der Waals surface area contributed by atoms with Crippen LogP contribution in [-0.4, -0.2) is 40.8 Å². The number of likely N-dealkylation sites (tertiary alicyclic amines) is 1. The number of nitrogens with one attached hydrogen (secondary N) is 1. The molecular formula is C23H22FN3O2. The number of nitrogens with zero attached hydrogens (tertiary/aromatic N) is 2. The van der Waals surface area contributed by atoms with Gasteiger partial charge in [-0.15, -0.1) is 0 Å². The van der Waals surface area contributed by atoms with Gasteiger partial charge in [-0.1, -0.05) is 18.2 Å². The highest BCUT2D eigenvalue weighted by molar-refractivity contribution is 5.98. The normalized spacial score (nSPS) is 14.8. The van der Waals surface area contributed by atoms with Gasteiger partial charge in [-0.25, -0.2) is 4.39 Å². The number of carbonyl (C=O) groups excluding carboxylic acids is 2.